The van der Waals surface area contributed by atoms with E-state index in [9.17, 15) is 19.2 Å². The van der Waals surface area contributed by atoms with Crippen LogP contribution in [0.5, 0.6) is 0 Å². The average molecular weight is 280 g/mol. The Morgan fingerprint density at radius 2 is 1.21 bits per heavy atom. The molecule has 0 spiro atoms. The quantitative estimate of drug-likeness (QED) is 0.307. The van der Waals surface area contributed by atoms with Crippen LogP contribution in [0, 0.1) is 0 Å². The Kier molecular flexibility index (Phi) is 9.87. The molecule has 0 aromatic carbocycles. The van der Waals surface area contributed by atoms with Gasteiger partial charge in [-0.15, -0.1) is 0 Å². The molecule has 0 amide bonds. The van der Waals surface area contributed by atoms with E-state index in [0.717, 1.165) is 0 Å². The lowest BCUT2D eigenvalue weighted by molar-refractivity contribution is -0.144. The number of hydrogen-bond donors (Lipinski definition) is 6. The Morgan fingerprint density at radius 3 is 1.42 bits per heavy atom. The molecule has 8 N–H and O–H groups in total. The highest BCUT2D eigenvalue weighted by molar-refractivity contribution is 5.80. The van der Waals surface area contributed by atoms with Crippen molar-refractivity contribution in [3.8, 4) is 0 Å². The van der Waals surface area contributed by atoms with Crippen molar-refractivity contribution in [1.82, 2.24) is 0 Å². The minimum absolute atomic E-state index is 0.0231. The highest BCUT2D eigenvalue weighted by Crippen LogP contribution is 1.93. The van der Waals surface area contributed by atoms with Gasteiger partial charge in [-0.1, -0.05) is 0 Å². The Morgan fingerprint density at radius 1 is 0.789 bits per heavy atom. The van der Waals surface area contributed by atoms with Crippen LogP contribution in [0.4, 0.5) is 0 Å². The first kappa shape index (κ1) is 19.1. The lowest BCUT2D eigenvalue weighted by Crippen LogP contribution is -2.32. The minimum Gasteiger partial charge on any atom is -0.481 e. The van der Waals surface area contributed by atoms with Crippen molar-refractivity contribution in [3.63, 3.8) is 0 Å². The fourth-order valence-electron chi connectivity index (χ4n) is 0.678. The topological polar surface area (TPSA) is 201 Å². The summed E-state index contributed by atoms with van der Waals surface area (Å²) in [5.41, 5.74) is 9.84. The summed E-state index contributed by atoms with van der Waals surface area (Å²) in [6, 6.07) is -2.35. The predicted molar refractivity (Wildman–Crippen MR) is 60.3 cm³/mol. The Hall–Kier alpha value is -2.20. The van der Waals surface area contributed by atoms with Crippen molar-refractivity contribution in [2.45, 2.75) is 31.3 Å². The molecular weight excluding hydrogens is 264 g/mol. The van der Waals surface area contributed by atoms with Gasteiger partial charge in [0, 0.05) is 6.42 Å². The van der Waals surface area contributed by atoms with Crippen LogP contribution < -0.4 is 11.5 Å². The summed E-state index contributed by atoms with van der Waals surface area (Å²) in [7, 11) is 0. The van der Waals surface area contributed by atoms with Gasteiger partial charge in [0.05, 0.1) is 6.42 Å². The van der Waals surface area contributed by atoms with Gasteiger partial charge in [-0.05, 0) is 6.42 Å². The van der Waals surface area contributed by atoms with Gasteiger partial charge in [0.2, 0.25) is 0 Å². The summed E-state index contributed by atoms with van der Waals surface area (Å²) in [5.74, 6) is -4.69. The van der Waals surface area contributed by atoms with E-state index in [4.69, 9.17) is 31.9 Å². The van der Waals surface area contributed by atoms with Gasteiger partial charge in [0.15, 0.2) is 0 Å². The summed E-state index contributed by atoms with van der Waals surface area (Å²) in [5, 5.41) is 32.3. The molecule has 0 aliphatic carbocycles. The van der Waals surface area contributed by atoms with E-state index in [-0.39, 0.29) is 12.8 Å². The zero-order valence-electron chi connectivity index (χ0n) is 9.85. The third kappa shape index (κ3) is 13.7. The van der Waals surface area contributed by atoms with Gasteiger partial charge >= 0.3 is 23.9 Å². The van der Waals surface area contributed by atoms with E-state index >= 15 is 0 Å². The Bertz CT molecular complexity index is 343. The number of aliphatic carboxylic acids is 4. The Labute approximate surface area is 107 Å². The number of carboxylic acids is 4. The third-order valence-corrected chi connectivity index (χ3v) is 1.70. The van der Waals surface area contributed by atoms with Crippen LogP contribution in [0.2, 0.25) is 0 Å². The fourth-order valence-corrected chi connectivity index (χ4v) is 0.678. The van der Waals surface area contributed by atoms with Crippen molar-refractivity contribution < 1.29 is 39.6 Å². The van der Waals surface area contributed by atoms with Crippen LogP contribution in [0.15, 0.2) is 0 Å². The van der Waals surface area contributed by atoms with E-state index in [1.165, 1.54) is 0 Å². The molecule has 10 nitrogen and oxygen atoms in total. The molecule has 0 aromatic rings. The molecular formula is C9H16N2O8. The van der Waals surface area contributed by atoms with Crippen molar-refractivity contribution in [2.75, 3.05) is 0 Å². The smallest absolute Gasteiger partial charge is 0.321 e. The second-order valence-corrected chi connectivity index (χ2v) is 3.42. The highest BCUT2D eigenvalue weighted by atomic mass is 16.4. The van der Waals surface area contributed by atoms with Gasteiger partial charge < -0.3 is 31.9 Å². The van der Waals surface area contributed by atoms with E-state index in [1.807, 2.05) is 0 Å². The minimum atomic E-state index is -1.29. The van der Waals surface area contributed by atoms with Gasteiger partial charge in [-0.2, -0.15) is 0 Å². The standard InChI is InChI=1S/C5H9NO4.C4H7NO4/c6-3(5(9)10)1-2-4(7)8;5-2(4(8)9)1-3(6)7/h3H,1-2,6H2,(H,7,8)(H,9,10);2H,1,5H2,(H,6,7)(H,8,9)/t3-;2-/m00/s1. The van der Waals surface area contributed by atoms with Crippen LogP contribution in [-0.4, -0.2) is 56.4 Å². The number of carboxylic acid groups (broad SMARTS) is 4. The molecule has 10 heteroatoms. The van der Waals surface area contributed by atoms with Gasteiger partial charge in [0.25, 0.3) is 0 Å². The van der Waals surface area contributed by atoms with E-state index in [2.05, 4.69) is 0 Å². The van der Waals surface area contributed by atoms with Gasteiger partial charge in [-0.25, -0.2) is 0 Å². The number of carbonyl (C=O) groups is 4. The Balaban J connectivity index is 0. The first-order valence-electron chi connectivity index (χ1n) is 4.98. The molecule has 0 aliphatic heterocycles. The highest BCUT2D eigenvalue weighted by Gasteiger charge is 2.14. The molecule has 0 saturated heterocycles. The maximum absolute atomic E-state index is 9.99. The summed E-state index contributed by atoms with van der Waals surface area (Å²) < 4.78 is 0. The maximum Gasteiger partial charge on any atom is 0.321 e. The summed E-state index contributed by atoms with van der Waals surface area (Å²) in [6.07, 6.45) is -0.756. The number of nitrogens with two attached hydrogens (primary N) is 2. The number of hydrogen-bond acceptors (Lipinski definition) is 6. The maximum atomic E-state index is 9.99. The molecule has 0 heterocycles. The zero-order valence-corrected chi connectivity index (χ0v) is 9.85. The second kappa shape index (κ2) is 9.79. The van der Waals surface area contributed by atoms with Gasteiger partial charge in [-0.3, -0.25) is 19.2 Å². The molecule has 0 unspecified atom stereocenters. The fraction of sp³-hybridized carbons (Fsp3) is 0.556. The summed E-state index contributed by atoms with van der Waals surface area (Å²) >= 11 is 0. The van der Waals surface area contributed by atoms with E-state index < -0.39 is 42.4 Å². The van der Waals surface area contributed by atoms with Crippen molar-refractivity contribution in [2.24, 2.45) is 11.5 Å². The third-order valence-electron chi connectivity index (χ3n) is 1.70. The largest absolute Gasteiger partial charge is 0.481 e. The molecule has 0 rings (SSSR count). The van der Waals surface area contributed by atoms with Crippen LogP contribution in [0.25, 0.3) is 0 Å². The molecule has 0 aromatic heterocycles. The molecule has 19 heavy (non-hydrogen) atoms. The first-order chi connectivity index (χ1) is 8.57. The lowest BCUT2D eigenvalue weighted by Gasteiger charge is -2.01. The van der Waals surface area contributed by atoms with E-state index in [0.29, 0.717) is 0 Å². The molecule has 0 saturated carbocycles. The lowest BCUT2D eigenvalue weighted by atomic mass is 10.2. The average Bonchev–Trinajstić information content (AvgIpc) is 2.25. The van der Waals surface area contributed by atoms with Crippen molar-refractivity contribution in [1.29, 1.82) is 0 Å². The molecule has 0 fully saturated rings. The van der Waals surface area contributed by atoms with Gasteiger partial charge in [0.1, 0.15) is 12.1 Å². The molecule has 110 valence electrons. The van der Waals surface area contributed by atoms with Crippen LogP contribution >= 0.6 is 0 Å². The monoisotopic (exact) mass is 280 g/mol. The summed E-state index contributed by atoms with van der Waals surface area (Å²) in [6.45, 7) is 0. The first-order valence-corrected chi connectivity index (χ1v) is 4.98. The molecule has 0 aliphatic rings. The van der Waals surface area contributed by atoms with Crippen molar-refractivity contribution in [3.05, 3.63) is 0 Å². The molecule has 0 bridgehead atoms. The van der Waals surface area contributed by atoms with Crippen LogP contribution in [0.3, 0.4) is 0 Å². The van der Waals surface area contributed by atoms with Crippen LogP contribution in [-0.2, 0) is 19.2 Å². The molecule has 2 atom stereocenters. The SMILES string of the molecule is N[C@@H](CC(=O)O)C(=O)O.N[C@@H](CCC(=O)O)C(=O)O. The van der Waals surface area contributed by atoms with Crippen LogP contribution in [0.1, 0.15) is 19.3 Å². The predicted octanol–water partition coefficient (Wildman–Crippen LogP) is -1.86. The number of rotatable bonds is 7. The summed E-state index contributed by atoms with van der Waals surface area (Å²) in [4.78, 5) is 39.5. The molecule has 0 radical (unpaired) electrons. The van der Waals surface area contributed by atoms with E-state index in [1.54, 1.807) is 0 Å². The normalized spacial score (nSPS) is 12.5. The second-order valence-electron chi connectivity index (χ2n) is 3.42. The van der Waals surface area contributed by atoms with Crippen molar-refractivity contribution >= 4 is 23.9 Å². The zero-order chi connectivity index (χ0) is 15.6.